The number of benzene rings is 2. The predicted octanol–water partition coefficient (Wildman–Crippen LogP) is 9.70. The highest BCUT2D eigenvalue weighted by Crippen LogP contribution is 2.41. The Kier molecular flexibility index (Phi) is 8.18. The van der Waals surface area contributed by atoms with Crippen molar-refractivity contribution in [1.29, 1.82) is 0 Å². The lowest BCUT2D eigenvalue weighted by Crippen LogP contribution is -2.18. The van der Waals surface area contributed by atoms with Crippen molar-refractivity contribution < 1.29 is 13.2 Å². The Bertz CT molecular complexity index is 874. The second kappa shape index (κ2) is 11.1. The van der Waals surface area contributed by atoms with Crippen LogP contribution in [0.25, 0.3) is 10.8 Å². The van der Waals surface area contributed by atoms with Gasteiger partial charge in [-0.2, -0.15) is 0 Å². The van der Waals surface area contributed by atoms with Crippen LogP contribution in [0.5, 0.6) is 0 Å². The molecule has 0 heterocycles. The molecule has 0 unspecified atom stereocenters. The molecule has 2 fully saturated rings. The van der Waals surface area contributed by atoms with E-state index in [2.05, 4.69) is 6.92 Å². The lowest BCUT2D eigenvalue weighted by molar-refractivity contribution is 0.222. The molecule has 0 saturated heterocycles. The van der Waals surface area contributed by atoms with E-state index in [-0.39, 0.29) is 5.39 Å². The maximum absolute atomic E-state index is 14.0. The molecular weight excluding hydrogens is 405 g/mol. The Hall–Kier alpha value is -1.51. The van der Waals surface area contributed by atoms with E-state index in [1.807, 2.05) is 12.1 Å². The fourth-order valence-corrected chi connectivity index (χ4v) is 6.33. The van der Waals surface area contributed by atoms with Crippen molar-refractivity contribution in [3.8, 4) is 0 Å². The van der Waals surface area contributed by atoms with Crippen molar-refractivity contribution in [3.05, 3.63) is 47.3 Å². The third-order valence-electron chi connectivity index (χ3n) is 8.48. The summed E-state index contributed by atoms with van der Waals surface area (Å²) in [5.41, 5.74) is 1.14. The standard InChI is InChI=1S/C29H39F3/c1-2-3-4-5-20-6-8-21(9-7-20)10-11-22-12-14-23(15-13-22)24-16-17-26-25(18-24)19-27(30)29(32)28(26)31/h16-23H,2-15H2,1H3/t20-,21-,22?,23?. The highest BCUT2D eigenvalue weighted by atomic mass is 19.2. The van der Waals surface area contributed by atoms with Crippen LogP contribution in [0.4, 0.5) is 13.2 Å². The van der Waals surface area contributed by atoms with Crippen molar-refractivity contribution in [2.24, 2.45) is 17.8 Å². The van der Waals surface area contributed by atoms with Crippen molar-refractivity contribution in [3.63, 3.8) is 0 Å². The zero-order valence-electron chi connectivity index (χ0n) is 19.7. The molecule has 2 aromatic rings. The summed E-state index contributed by atoms with van der Waals surface area (Å²) in [7, 11) is 0. The maximum atomic E-state index is 14.0. The molecular formula is C29H39F3. The number of fused-ring (bicyclic) bond motifs is 1. The lowest BCUT2D eigenvalue weighted by atomic mass is 9.74. The van der Waals surface area contributed by atoms with Crippen LogP contribution in [0.15, 0.2) is 24.3 Å². The minimum Gasteiger partial charge on any atom is -0.204 e. The molecule has 0 amide bonds. The van der Waals surface area contributed by atoms with Crippen LogP contribution in [0.3, 0.4) is 0 Å². The van der Waals surface area contributed by atoms with Crippen LogP contribution in [-0.2, 0) is 0 Å². The first kappa shape index (κ1) is 23.6. The predicted molar refractivity (Wildman–Crippen MR) is 127 cm³/mol. The van der Waals surface area contributed by atoms with E-state index in [1.54, 1.807) is 6.07 Å². The Balaban J connectivity index is 1.22. The van der Waals surface area contributed by atoms with Gasteiger partial charge in [0.05, 0.1) is 0 Å². The third-order valence-corrected chi connectivity index (χ3v) is 8.48. The van der Waals surface area contributed by atoms with Crippen LogP contribution in [0.2, 0.25) is 0 Å². The normalized spacial score (nSPS) is 26.5. The average Bonchev–Trinajstić information content (AvgIpc) is 2.82. The average molecular weight is 445 g/mol. The van der Waals surface area contributed by atoms with Gasteiger partial charge < -0.3 is 0 Å². The first-order valence-corrected chi connectivity index (χ1v) is 13.1. The van der Waals surface area contributed by atoms with Gasteiger partial charge in [0, 0.05) is 5.39 Å². The number of halogens is 3. The number of hydrogen-bond donors (Lipinski definition) is 0. The Morgan fingerprint density at radius 2 is 1.28 bits per heavy atom. The van der Waals surface area contributed by atoms with E-state index in [1.165, 1.54) is 77.0 Å². The van der Waals surface area contributed by atoms with Gasteiger partial charge in [0.15, 0.2) is 17.5 Å². The number of rotatable bonds is 8. The monoisotopic (exact) mass is 444 g/mol. The second-order valence-electron chi connectivity index (χ2n) is 10.6. The van der Waals surface area contributed by atoms with E-state index in [0.717, 1.165) is 42.2 Å². The fourth-order valence-electron chi connectivity index (χ4n) is 6.33. The van der Waals surface area contributed by atoms with Crippen molar-refractivity contribution in [2.45, 2.75) is 103 Å². The zero-order valence-corrected chi connectivity index (χ0v) is 19.7. The Morgan fingerprint density at radius 3 is 1.91 bits per heavy atom. The van der Waals surface area contributed by atoms with E-state index in [4.69, 9.17) is 0 Å². The van der Waals surface area contributed by atoms with Crippen LogP contribution in [-0.4, -0.2) is 0 Å². The first-order valence-electron chi connectivity index (χ1n) is 13.1. The maximum Gasteiger partial charge on any atom is 0.195 e. The van der Waals surface area contributed by atoms with Gasteiger partial charge in [0.2, 0.25) is 0 Å². The third kappa shape index (κ3) is 5.69. The molecule has 0 bridgehead atoms. The molecule has 0 radical (unpaired) electrons. The smallest absolute Gasteiger partial charge is 0.195 e. The Morgan fingerprint density at radius 1 is 0.688 bits per heavy atom. The minimum absolute atomic E-state index is 0.168. The molecule has 32 heavy (non-hydrogen) atoms. The van der Waals surface area contributed by atoms with Crippen LogP contribution >= 0.6 is 0 Å². The summed E-state index contributed by atoms with van der Waals surface area (Å²) in [4.78, 5) is 0. The molecule has 2 aliphatic carbocycles. The van der Waals surface area contributed by atoms with Gasteiger partial charge in [0.25, 0.3) is 0 Å². The molecule has 4 rings (SSSR count). The molecule has 0 spiro atoms. The molecule has 176 valence electrons. The summed E-state index contributed by atoms with van der Waals surface area (Å²) < 4.78 is 41.1. The number of hydrogen-bond acceptors (Lipinski definition) is 0. The highest BCUT2D eigenvalue weighted by Gasteiger charge is 2.26. The summed E-state index contributed by atoms with van der Waals surface area (Å²) in [5.74, 6) is -0.343. The van der Waals surface area contributed by atoms with Gasteiger partial charge in [-0.05, 0) is 66.4 Å². The van der Waals surface area contributed by atoms with Gasteiger partial charge >= 0.3 is 0 Å². The molecule has 0 aliphatic heterocycles. The second-order valence-corrected chi connectivity index (χ2v) is 10.6. The first-order chi connectivity index (χ1) is 15.5. The van der Waals surface area contributed by atoms with E-state index < -0.39 is 17.5 Å². The fraction of sp³-hybridized carbons (Fsp3) is 0.655. The zero-order chi connectivity index (χ0) is 22.5. The van der Waals surface area contributed by atoms with E-state index in [0.29, 0.717) is 11.3 Å². The van der Waals surface area contributed by atoms with Gasteiger partial charge in [-0.1, -0.05) is 89.3 Å². The summed E-state index contributed by atoms with van der Waals surface area (Å²) in [6, 6.07) is 6.52. The van der Waals surface area contributed by atoms with Crippen molar-refractivity contribution in [1.82, 2.24) is 0 Å². The molecule has 0 N–H and O–H groups in total. The summed E-state index contributed by atoms with van der Waals surface area (Å²) in [6.45, 7) is 2.29. The van der Waals surface area contributed by atoms with Crippen molar-refractivity contribution >= 4 is 10.8 Å². The minimum atomic E-state index is -1.38. The molecule has 0 nitrogen and oxygen atoms in total. The van der Waals surface area contributed by atoms with Crippen LogP contribution < -0.4 is 0 Å². The molecule has 0 atom stereocenters. The van der Waals surface area contributed by atoms with Gasteiger partial charge in [-0.15, -0.1) is 0 Å². The Labute approximate surface area is 192 Å². The van der Waals surface area contributed by atoms with Gasteiger partial charge in [-0.3, -0.25) is 0 Å². The molecule has 3 heteroatoms. The molecule has 2 saturated carbocycles. The molecule has 0 aromatic heterocycles. The lowest BCUT2D eigenvalue weighted by Gasteiger charge is -2.32. The summed E-state index contributed by atoms with van der Waals surface area (Å²) in [6.07, 6.45) is 18.9. The van der Waals surface area contributed by atoms with Crippen LogP contribution in [0.1, 0.15) is 108 Å². The number of unbranched alkanes of at least 4 members (excludes halogenated alkanes) is 2. The summed E-state index contributed by atoms with van der Waals surface area (Å²) in [5, 5.41) is 0.632. The van der Waals surface area contributed by atoms with Crippen molar-refractivity contribution in [2.75, 3.05) is 0 Å². The van der Waals surface area contributed by atoms with E-state index >= 15 is 0 Å². The van der Waals surface area contributed by atoms with Gasteiger partial charge in [0.1, 0.15) is 0 Å². The SMILES string of the molecule is CCCCC[C@H]1CC[C@H](CCC2CCC(c3ccc4c(F)c(F)c(F)cc4c3)CC2)CC1. The van der Waals surface area contributed by atoms with Crippen LogP contribution in [0, 0.1) is 35.2 Å². The molecule has 2 aliphatic rings. The molecule has 2 aromatic carbocycles. The van der Waals surface area contributed by atoms with Gasteiger partial charge in [-0.25, -0.2) is 13.2 Å². The summed E-state index contributed by atoms with van der Waals surface area (Å²) >= 11 is 0. The largest absolute Gasteiger partial charge is 0.204 e. The quantitative estimate of drug-likeness (QED) is 0.281. The highest BCUT2D eigenvalue weighted by molar-refractivity contribution is 5.84. The topological polar surface area (TPSA) is 0 Å². The van der Waals surface area contributed by atoms with E-state index in [9.17, 15) is 13.2 Å².